The first-order valence-corrected chi connectivity index (χ1v) is 4.93. The zero-order valence-electron chi connectivity index (χ0n) is 8.60. The number of pyridine rings is 1. The van der Waals surface area contributed by atoms with Gasteiger partial charge in [-0.25, -0.2) is 4.98 Å². The van der Waals surface area contributed by atoms with Gasteiger partial charge in [-0.05, 0) is 31.4 Å². The molecule has 1 aliphatic carbocycles. The lowest BCUT2D eigenvalue weighted by atomic mass is 10.2. The fourth-order valence-corrected chi connectivity index (χ4v) is 1.89. The third kappa shape index (κ3) is 1.43. The van der Waals surface area contributed by atoms with Gasteiger partial charge in [-0.1, -0.05) is 6.07 Å². The van der Waals surface area contributed by atoms with Crippen molar-refractivity contribution in [1.29, 1.82) is 0 Å². The number of rotatable bonds is 1. The highest BCUT2D eigenvalue weighted by atomic mass is 35.5. The molecule has 0 bridgehead atoms. The molecule has 3 rings (SSSR count). The Hall–Kier alpha value is -1.06. The number of nitrogens with two attached hydrogens (primary N) is 1. The fraction of sp³-hybridized carbons (Fsp3) is 0.364. The maximum atomic E-state index is 6.15. The Bertz CT molecular complexity index is 500. The van der Waals surface area contributed by atoms with Gasteiger partial charge >= 0.3 is 0 Å². The molecule has 0 aliphatic heterocycles. The van der Waals surface area contributed by atoms with Crippen LogP contribution in [-0.2, 0) is 5.54 Å². The van der Waals surface area contributed by atoms with Gasteiger partial charge in [-0.15, -0.1) is 12.4 Å². The van der Waals surface area contributed by atoms with Crippen molar-refractivity contribution in [3.8, 4) is 0 Å². The summed E-state index contributed by atoms with van der Waals surface area (Å²) in [6, 6.07) is 4.14. The largest absolute Gasteiger partial charge is 0.319 e. The summed E-state index contributed by atoms with van der Waals surface area (Å²) in [5, 5.41) is 0. The summed E-state index contributed by atoms with van der Waals surface area (Å²) < 4.78 is 2.11. The number of halogens is 1. The second-order valence-electron chi connectivity index (χ2n) is 4.18. The number of aryl methyl sites for hydroxylation is 1. The molecule has 0 saturated heterocycles. The maximum Gasteiger partial charge on any atom is 0.133 e. The van der Waals surface area contributed by atoms with Gasteiger partial charge in [0.05, 0.1) is 17.3 Å². The quantitative estimate of drug-likeness (QED) is 0.804. The molecule has 1 fully saturated rings. The molecule has 2 N–H and O–H groups in total. The Balaban J connectivity index is 0.000000853. The molecule has 80 valence electrons. The Labute approximate surface area is 94.7 Å². The first kappa shape index (κ1) is 10.5. The summed E-state index contributed by atoms with van der Waals surface area (Å²) in [5.41, 5.74) is 8.40. The van der Waals surface area contributed by atoms with Gasteiger partial charge in [-0.2, -0.15) is 0 Å². The predicted molar refractivity (Wildman–Crippen MR) is 62.3 cm³/mol. The van der Waals surface area contributed by atoms with Crippen molar-refractivity contribution in [2.75, 3.05) is 0 Å². The summed E-state index contributed by atoms with van der Waals surface area (Å²) >= 11 is 0. The van der Waals surface area contributed by atoms with Crippen molar-refractivity contribution < 1.29 is 0 Å². The molecule has 1 aliphatic rings. The third-order valence-corrected chi connectivity index (χ3v) is 3.02. The highest BCUT2D eigenvalue weighted by molar-refractivity contribution is 5.85. The SMILES string of the molecule is Cc1cccn2c(C3(N)CC3)ncc12.Cl. The average molecular weight is 224 g/mol. The van der Waals surface area contributed by atoms with Gasteiger partial charge in [0.2, 0.25) is 0 Å². The van der Waals surface area contributed by atoms with Crippen LogP contribution in [0.1, 0.15) is 24.2 Å². The van der Waals surface area contributed by atoms with Gasteiger partial charge in [0.15, 0.2) is 0 Å². The van der Waals surface area contributed by atoms with E-state index in [1.54, 1.807) is 0 Å². The number of imidazole rings is 1. The van der Waals surface area contributed by atoms with E-state index < -0.39 is 0 Å². The van der Waals surface area contributed by atoms with Crippen LogP contribution in [0.2, 0.25) is 0 Å². The van der Waals surface area contributed by atoms with E-state index in [2.05, 4.69) is 22.4 Å². The molecule has 0 atom stereocenters. The molecule has 0 aromatic carbocycles. The number of nitrogens with zero attached hydrogens (tertiary/aromatic N) is 2. The van der Waals surface area contributed by atoms with Crippen LogP contribution in [0.3, 0.4) is 0 Å². The van der Waals surface area contributed by atoms with Crippen LogP contribution < -0.4 is 5.73 Å². The van der Waals surface area contributed by atoms with E-state index >= 15 is 0 Å². The Morgan fingerprint density at radius 2 is 2.20 bits per heavy atom. The zero-order chi connectivity index (χ0) is 9.76. The van der Waals surface area contributed by atoms with Gasteiger partial charge in [0, 0.05) is 6.20 Å². The Kier molecular flexibility index (Phi) is 2.24. The minimum atomic E-state index is -0.153. The lowest BCUT2D eigenvalue weighted by Crippen LogP contribution is -2.22. The van der Waals surface area contributed by atoms with Gasteiger partial charge in [0.25, 0.3) is 0 Å². The first-order chi connectivity index (χ1) is 6.71. The molecule has 0 amide bonds. The monoisotopic (exact) mass is 223 g/mol. The molecular weight excluding hydrogens is 210 g/mol. The second kappa shape index (κ2) is 3.22. The number of aromatic nitrogens is 2. The topological polar surface area (TPSA) is 43.3 Å². The van der Waals surface area contributed by atoms with E-state index in [0.717, 1.165) is 18.7 Å². The van der Waals surface area contributed by atoms with Gasteiger partial charge in [-0.3, -0.25) is 0 Å². The minimum absolute atomic E-state index is 0. The Morgan fingerprint density at radius 1 is 1.47 bits per heavy atom. The van der Waals surface area contributed by atoms with Crippen LogP contribution in [0, 0.1) is 6.92 Å². The normalized spacial score (nSPS) is 17.5. The maximum absolute atomic E-state index is 6.15. The molecule has 2 heterocycles. The molecule has 15 heavy (non-hydrogen) atoms. The van der Waals surface area contributed by atoms with Crippen molar-refractivity contribution in [3.63, 3.8) is 0 Å². The van der Waals surface area contributed by atoms with Crippen molar-refractivity contribution in [2.24, 2.45) is 5.73 Å². The molecule has 4 heteroatoms. The second-order valence-corrected chi connectivity index (χ2v) is 4.18. The third-order valence-electron chi connectivity index (χ3n) is 3.02. The van der Waals surface area contributed by atoms with Crippen LogP contribution in [0.5, 0.6) is 0 Å². The van der Waals surface area contributed by atoms with Crippen molar-refractivity contribution in [1.82, 2.24) is 9.38 Å². The van der Waals surface area contributed by atoms with E-state index in [0.29, 0.717) is 0 Å². The number of fused-ring (bicyclic) bond motifs is 1. The van der Waals surface area contributed by atoms with Crippen LogP contribution in [0.15, 0.2) is 24.5 Å². The van der Waals surface area contributed by atoms with E-state index in [4.69, 9.17) is 5.73 Å². The summed E-state index contributed by atoms with van der Waals surface area (Å²) in [6.07, 6.45) is 6.06. The minimum Gasteiger partial charge on any atom is -0.319 e. The van der Waals surface area contributed by atoms with Crippen LogP contribution in [-0.4, -0.2) is 9.38 Å². The van der Waals surface area contributed by atoms with Gasteiger partial charge in [0.1, 0.15) is 5.82 Å². The molecule has 0 unspecified atom stereocenters. The van der Waals surface area contributed by atoms with Crippen molar-refractivity contribution in [3.05, 3.63) is 35.9 Å². The highest BCUT2D eigenvalue weighted by Crippen LogP contribution is 2.41. The summed E-state index contributed by atoms with van der Waals surface area (Å²) in [4.78, 5) is 4.43. The van der Waals surface area contributed by atoms with Crippen LogP contribution in [0.4, 0.5) is 0 Å². The first-order valence-electron chi connectivity index (χ1n) is 4.93. The molecule has 0 spiro atoms. The standard InChI is InChI=1S/C11H13N3.ClH/c1-8-3-2-6-14-9(8)7-13-10(14)11(12)4-5-11;/h2-3,6-7H,4-5,12H2,1H3;1H. The molecule has 3 nitrogen and oxygen atoms in total. The molecule has 2 aromatic heterocycles. The summed E-state index contributed by atoms with van der Waals surface area (Å²) in [6.45, 7) is 2.09. The van der Waals surface area contributed by atoms with Crippen molar-refractivity contribution in [2.45, 2.75) is 25.3 Å². The average Bonchev–Trinajstić information content (AvgIpc) is 2.77. The number of hydrogen-bond acceptors (Lipinski definition) is 2. The molecule has 1 saturated carbocycles. The van der Waals surface area contributed by atoms with Crippen molar-refractivity contribution >= 4 is 17.9 Å². The van der Waals surface area contributed by atoms with Gasteiger partial charge < -0.3 is 10.1 Å². The summed E-state index contributed by atoms with van der Waals surface area (Å²) in [7, 11) is 0. The van der Waals surface area contributed by atoms with Crippen LogP contribution in [0.25, 0.3) is 5.52 Å². The van der Waals surface area contributed by atoms with E-state index in [1.165, 1.54) is 11.1 Å². The molecule has 0 radical (unpaired) electrons. The van der Waals surface area contributed by atoms with Crippen LogP contribution >= 0.6 is 12.4 Å². The smallest absolute Gasteiger partial charge is 0.133 e. The fourth-order valence-electron chi connectivity index (χ4n) is 1.89. The number of hydrogen-bond donors (Lipinski definition) is 1. The molecular formula is C11H14ClN3. The highest BCUT2D eigenvalue weighted by Gasteiger charge is 2.43. The summed E-state index contributed by atoms with van der Waals surface area (Å²) in [5.74, 6) is 1.01. The molecule has 2 aromatic rings. The van der Waals surface area contributed by atoms with E-state index in [9.17, 15) is 0 Å². The lowest BCUT2D eigenvalue weighted by molar-refractivity contribution is 0.668. The lowest BCUT2D eigenvalue weighted by Gasteiger charge is -2.07. The zero-order valence-corrected chi connectivity index (χ0v) is 9.42. The van der Waals surface area contributed by atoms with E-state index in [1.807, 2.05) is 18.5 Å². The Morgan fingerprint density at radius 3 is 2.87 bits per heavy atom. The predicted octanol–water partition coefficient (Wildman–Crippen LogP) is 2.01. The van der Waals surface area contributed by atoms with E-state index in [-0.39, 0.29) is 17.9 Å².